The number of hydrogen-bond donors (Lipinski definition) is 1. The molecule has 3 nitrogen and oxygen atoms in total. The number of nitrogens with two attached hydrogens (primary N) is 1. The highest BCUT2D eigenvalue weighted by Crippen LogP contribution is 2.22. The minimum atomic E-state index is -0.222. The Balaban J connectivity index is 2.34. The molecule has 18 heavy (non-hydrogen) atoms. The maximum absolute atomic E-state index is 13.3. The average molecular weight is 247 g/mol. The van der Waals surface area contributed by atoms with E-state index in [1.165, 1.54) is 12.1 Å². The van der Waals surface area contributed by atoms with E-state index in [1.54, 1.807) is 6.07 Å². The topological polar surface area (TPSA) is 43.8 Å². The van der Waals surface area contributed by atoms with Crippen molar-refractivity contribution >= 4 is 0 Å². The number of hydrogen-bond acceptors (Lipinski definition) is 2. The van der Waals surface area contributed by atoms with Crippen LogP contribution in [0.5, 0.6) is 0 Å². The average Bonchev–Trinajstić information content (AvgIpc) is 2.79. The lowest BCUT2D eigenvalue weighted by Crippen LogP contribution is -2.02. The van der Waals surface area contributed by atoms with Crippen LogP contribution in [-0.2, 0) is 13.0 Å². The first-order valence-corrected chi connectivity index (χ1v) is 6.27. The first-order chi connectivity index (χ1) is 8.74. The van der Waals surface area contributed by atoms with Gasteiger partial charge in [0.2, 0.25) is 0 Å². The van der Waals surface area contributed by atoms with Crippen molar-refractivity contribution in [3.63, 3.8) is 0 Å². The third-order valence-corrected chi connectivity index (χ3v) is 2.89. The molecule has 1 aromatic carbocycles. The van der Waals surface area contributed by atoms with Gasteiger partial charge in [-0.05, 0) is 44.5 Å². The summed E-state index contributed by atoms with van der Waals surface area (Å²) in [6.07, 6.45) is 1.79. The lowest BCUT2D eigenvalue weighted by Gasteiger charge is -2.04. The Labute approximate surface area is 106 Å². The number of nitrogens with zero attached hydrogens (tertiary/aromatic N) is 2. The largest absolute Gasteiger partial charge is 0.330 e. The van der Waals surface area contributed by atoms with E-state index in [1.807, 2.05) is 23.7 Å². The molecule has 0 radical (unpaired) electrons. The van der Waals surface area contributed by atoms with E-state index < -0.39 is 0 Å². The van der Waals surface area contributed by atoms with Crippen LogP contribution in [0.3, 0.4) is 0 Å². The Morgan fingerprint density at radius 3 is 2.83 bits per heavy atom. The summed E-state index contributed by atoms with van der Waals surface area (Å²) >= 11 is 0. The molecule has 4 heteroatoms. The van der Waals surface area contributed by atoms with Crippen molar-refractivity contribution in [3.05, 3.63) is 41.8 Å². The molecule has 2 aromatic rings. The highest BCUT2D eigenvalue weighted by molar-refractivity contribution is 5.60. The predicted octanol–water partition coefficient (Wildman–Crippen LogP) is 2.60. The van der Waals surface area contributed by atoms with Gasteiger partial charge in [-0.15, -0.1) is 0 Å². The molecule has 0 fully saturated rings. The maximum Gasteiger partial charge on any atom is 0.123 e. The molecule has 0 aliphatic rings. The second-order valence-corrected chi connectivity index (χ2v) is 4.24. The van der Waals surface area contributed by atoms with Crippen molar-refractivity contribution in [1.82, 2.24) is 9.78 Å². The number of benzene rings is 1. The molecule has 1 aromatic heterocycles. The van der Waals surface area contributed by atoms with Crippen LogP contribution < -0.4 is 5.73 Å². The molecule has 0 saturated carbocycles. The Morgan fingerprint density at radius 2 is 2.17 bits per heavy atom. The van der Waals surface area contributed by atoms with Gasteiger partial charge in [0, 0.05) is 12.1 Å². The van der Waals surface area contributed by atoms with E-state index in [0.29, 0.717) is 6.54 Å². The summed E-state index contributed by atoms with van der Waals surface area (Å²) in [5.41, 5.74) is 8.34. The zero-order valence-electron chi connectivity index (χ0n) is 10.6. The Kier molecular flexibility index (Phi) is 4.10. The fraction of sp³-hybridized carbons (Fsp3) is 0.357. The van der Waals surface area contributed by atoms with Crippen molar-refractivity contribution in [3.8, 4) is 11.3 Å². The van der Waals surface area contributed by atoms with E-state index in [0.717, 1.165) is 36.3 Å². The molecular formula is C14H18FN3. The number of rotatable bonds is 5. The molecule has 0 spiro atoms. The monoisotopic (exact) mass is 247 g/mol. The Hall–Kier alpha value is -1.68. The van der Waals surface area contributed by atoms with E-state index in [4.69, 9.17) is 5.73 Å². The zero-order chi connectivity index (χ0) is 13.0. The Morgan fingerprint density at radius 1 is 1.33 bits per heavy atom. The van der Waals surface area contributed by atoms with Gasteiger partial charge in [0.05, 0.1) is 11.4 Å². The quantitative estimate of drug-likeness (QED) is 0.882. The van der Waals surface area contributed by atoms with E-state index in [9.17, 15) is 4.39 Å². The molecule has 0 bridgehead atoms. The molecule has 96 valence electrons. The summed E-state index contributed by atoms with van der Waals surface area (Å²) in [4.78, 5) is 0. The van der Waals surface area contributed by atoms with Crippen LogP contribution in [0.25, 0.3) is 11.3 Å². The molecule has 0 aliphatic heterocycles. The van der Waals surface area contributed by atoms with Crippen molar-refractivity contribution in [1.29, 1.82) is 0 Å². The van der Waals surface area contributed by atoms with Gasteiger partial charge in [-0.2, -0.15) is 5.10 Å². The van der Waals surface area contributed by atoms with Gasteiger partial charge in [-0.25, -0.2) is 4.39 Å². The fourth-order valence-corrected chi connectivity index (χ4v) is 2.00. The molecule has 0 amide bonds. The minimum absolute atomic E-state index is 0.222. The SMILES string of the molecule is CCn1nc(CCCN)cc1-c1cccc(F)c1. The third kappa shape index (κ3) is 2.76. The van der Waals surface area contributed by atoms with Crippen LogP contribution in [0.1, 0.15) is 19.0 Å². The Bertz CT molecular complexity index is 520. The lowest BCUT2D eigenvalue weighted by atomic mass is 10.1. The molecule has 1 heterocycles. The van der Waals surface area contributed by atoms with Gasteiger partial charge >= 0.3 is 0 Å². The van der Waals surface area contributed by atoms with E-state index in [2.05, 4.69) is 5.10 Å². The lowest BCUT2D eigenvalue weighted by molar-refractivity contribution is 0.626. The van der Waals surface area contributed by atoms with Gasteiger partial charge in [0.15, 0.2) is 0 Å². The third-order valence-electron chi connectivity index (χ3n) is 2.89. The molecule has 0 saturated heterocycles. The van der Waals surface area contributed by atoms with Crippen LogP contribution in [0.15, 0.2) is 30.3 Å². The number of aromatic nitrogens is 2. The summed E-state index contributed by atoms with van der Waals surface area (Å²) in [6.45, 7) is 3.46. The van der Waals surface area contributed by atoms with Gasteiger partial charge in [-0.1, -0.05) is 12.1 Å². The van der Waals surface area contributed by atoms with Crippen LogP contribution in [0.4, 0.5) is 4.39 Å². The first-order valence-electron chi connectivity index (χ1n) is 6.27. The van der Waals surface area contributed by atoms with Crippen LogP contribution >= 0.6 is 0 Å². The van der Waals surface area contributed by atoms with Gasteiger partial charge in [0.25, 0.3) is 0 Å². The number of aryl methyl sites for hydroxylation is 2. The van der Waals surface area contributed by atoms with Gasteiger partial charge in [0.1, 0.15) is 5.82 Å². The molecule has 0 unspecified atom stereocenters. The highest BCUT2D eigenvalue weighted by Gasteiger charge is 2.09. The summed E-state index contributed by atoms with van der Waals surface area (Å²) in [5, 5.41) is 4.51. The standard InChI is InChI=1S/C14H18FN3/c1-2-18-14(10-13(17-18)7-4-8-16)11-5-3-6-12(15)9-11/h3,5-6,9-10H,2,4,7-8,16H2,1H3. The van der Waals surface area contributed by atoms with E-state index in [-0.39, 0.29) is 5.82 Å². The van der Waals surface area contributed by atoms with Crippen LogP contribution in [0.2, 0.25) is 0 Å². The highest BCUT2D eigenvalue weighted by atomic mass is 19.1. The molecular weight excluding hydrogens is 229 g/mol. The molecule has 0 aliphatic carbocycles. The summed E-state index contributed by atoms with van der Waals surface area (Å²) in [7, 11) is 0. The minimum Gasteiger partial charge on any atom is -0.330 e. The summed E-state index contributed by atoms with van der Waals surface area (Å²) in [6, 6.07) is 8.63. The first kappa shape index (κ1) is 12.8. The second-order valence-electron chi connectivity index (χ2n) is 4.24. The predicted molar refractivity (Wildman–Crippen MR) is 70.7 cm³/mol. The van der Waals surface area contributed by atoms with Crippen molar-refractivity contribution in [2.24, 2.45) is 5.73 Å². The normalized spacial score (nSPS) is 10.8. The zero-order valence-corrected chi connectivity index (χ0v) is 10.6. The second kappa shape index (κ2) is 5.78. The van der Waals surface area contributed by atoms with Crippen molar-refractivity contribution in [2.45, 2.75) is 26.3 Å². The molecule has 2 N–H and O–H groups in total. The fourth-order valence-electron chi connectivity index (χ4n) is 2.00. The van der Waals surface area contributed by atoms with E-state index >= 15 is 0 Å². The maximum atomic E-state index is 13.3. The number of halogens is 1. The van der Waals surface area contributed by atoms with Crippen molar-refractivity contribution in [2.75, 3.05) is 6.54 Å². The summed E-state index contributed by atoms with van der Waals surface area (Å²) in [5.74, 6) is -0.222. The van der Waals surface area contributed by atoms with Crippen molar-refractivity contribution < 1.29 is 4.39 Å². The van der Waals surface area contributed by atoms with Gasteiger partial charge in [-0.3, -0.25) is 4.68 Å². The molecule has 0 atom stereocenters. The summed E-state index contributed by atoms with van der Waals surface area (Å²) < 4.78 is 15.2. The smallest absolute Gasteiger partial charge is 0.123 e. The van der Waals surface area contributed by atoms with Crippen LogP contribution in [-0.4, -0.2) is 16.3 Å². The molecule has 2 rings (SSSR count). The van der Waals surface area contributed by atoms with Crippen LogP contribution in [0, 0.1) is 5.82 Å². The van der Waals surface area contributed by atoms with Gasteiger partial charge < -0.3 is 5.73 Å².